The molecule has 0 radical (unpaired) electrons. The fraction of sp³-hybridized carbons (Fsp3) is 0.500. The number of nitro groups is 1. The number of halogens is 2. The lowest BCUT2D eigenvalue weighted by molar-refractivity contribution is -0.490. The fourth-order valence-electron chi connectivity index (χ4n) is 3.30. The van der Waals surface area contributed by atoms with E-state index in [1.165, 1.54) is 24.3 Å². The normalized spacial score (nSPS) is 21.1. The van der Waals surface area contributed by atoms with Gasteiger partial charge in [-0.3, -0.25) is 24.5 Å². The number of ether oxygens (including phenoxy) is 2. The topological polar surface area (TPSA) is 125 Å². The molecule has 1 fully saturated rings. The van der Waals surface area contributed by atoms with Gasteiger partial charge in [-0.2, -0.15) is 8.78 Å². The third-order valence-corrected chi connectivity index (χ3v) is 4.66. The molecule has 1 aromatic rings. The number of hydrogen-bond acceptors (Lipinski definition) is 7. The summed E-state index contributed by atoms with van der Waals surface area (Å²) in [5.41, 5.74) is 0.276. The van der Waals surface area contributed by atoms with Gasteiger partial charge < -0.3 is 14.8 Å². The quantitative estimate of drug-likeness (QED) is 0.373. The summed E-state index contributed by atoms with van der Waals surface area (Å²) in [6.45, 7) is -2.27. The van der Waals surface area contributed by atoms with Crippen LogP contribution < -0.4 is 10.1 Å². The van der Waals surface area contributed by atoms with E-state index in [1.807, 2.05) is 0 Å². The standard InChI is InChI=1S/C18H20F2N2O7/c1-10-6-15(23)13(14(10)8-22(26)27)7-17(25)28-9-16(24)21-11-2-4-12(5-3-11)29-18(19)20/h2-5,10,13-14,18H,6-9H2,1H3,(H,21,24)/t10-,13-,14+/m0/s1. The Labute approximate surface area is 164 Å². The Bertz CT molecular complexity index is 770. The summed E-state index contributed by atoms with van der Waals surface area (Å²) in [5.74, 6) is -3.33. The highest BCUT2D eigenvalue weighted by molar-refractivity contribution is 5.93. The third-order valence-electron chi connectivity index (χ3n) is 4.66. The Morgan fingerprint density at radius 3 is 2.55 bits per heavy atom. The molecule has 1 N–H and O–H groups in total. The van der Waals surface area contributed by atoms with Crippen LogP contribution in [0.1, 0.15) is 19.8 Å². The highest BCUT2D eigenvalue weighted by Gasteiger charge is 2.44. The predicted octanol–water partition coefficient (Wildman–Crippen LogP) is 2.28. The maximum Gasteiger partial charge on any atom is 0.387 e. The lowest BCUT2D eigenvalue weighted by Crippen LogP contribution is -2.28. The van der Waals surface area contributed by atoms with Crippen molar-refractivity contribution < 1.29 is 37.6 Å². The number of rotatable bonds is 9. The molecule has 9 nitrogen and oxygen atoms in total. The van der Waals surface area contributed by atoms with Crippen molar-refractivity contribution in [3.05, 3.63) is 34.4 Å². The maximum absolute atomic E-state index is 12.1. The number of amides is 1. The van der Waals surface area contributed by atoms with Crippen LogP contribution in [-0.2, 0) is 19.1 Å². The van der Waals surface area contributed by atoms with Gasteiger partial charge in [0, 0.05) is 28.9 Å². The smallest absolute Gasteiger partial charge is 0.387 e. The molecular weight excluding hydrogens is 394 g/mol. The molecule has 11 heteroatoms. The van der Waals surface area contributed by atoms with E-state index in [1.54, 1.807) is 6.92 Å². The van der Waals surface area contributed by atoms with Gasteiger partial charge in [-0.25, -0.2) is 0 Å². The van der Waals surface area contributed by atoms with E-state index in [0.717, 1.165) is 0 Å². The van der Waals surface area contributed by atoms with Gasteiger partial charge in [0.2, 0.25) is 6.54 Å². The highest BCUT2D eigenvalue weighted by atomic mass is 19.3. The van der Waals surface area contributed by atoms with Gasteiger partial charge in [0.1, 0.15) is 11.5 Å². The van der Waals surface area contributed by atoms with Gasteiger partial charge in [0.25, 0.3) is 5.91 Å². The predicted molar refractivity (Wildman–Crippen MR) is 94.9 cm³/mol. The second kappa shape index (κ2) is 9.89. The van der Waals surface area contributed by atoms with E-state index in [2.05, 4.69) is 10.1 Å². The first kappa shape index (κ1) is 22.2. The molecule has 3 atom stereocenters. The molecule has 0 heterocycles. The summed E-state index contributed by atoms with van der Waals surface area (Å²) in [7, 11) is 0. The van der Waals surface area contributed by atoms with Gasteiger partial charge in [0.05, 0.1) is 6.42 Å². The van der Waals surface area contributed by atoms with Crippen LogP contribution in [0.15, 0.2) is 24.3 Å². The van der Waals surface area contributed by atoms with E-state index in [9.17, 15) is 33.3 Å². The SMILES string of the molecule is C[C@H]1CC(=O)[C@@H](CC(=O)OCC(=O)Nc2ccc(OC(F)F)cc2)[C@@H]1C[N+](=O)[O-]. The lowest BCUT2D eigenvalue weighted by atomic mass is 9.88. The van der Waals surface area contributed by atoms with Crippen LogP contribution in [0.4, 0.5) is 14.5 Å². The first-order valence-corrected chi connectivity index (χ1v) is 8.80. The molecule has 0 aliphatic heterocycles. The van der Waals surface area contributed by atoms with Crippen molar-refractivity contribution in [2.75, 3.05) is 18.5 Å². The van der Waals surface area contributed by atoms with Crippen molar-refractivity contribution in [2.24, 2.45) is 17.8 Å². The van der Waals surface area contributed by atoms with Gasteiger partial charge in [-0.1, -0.05) is 6.92 Å². The zero-order valence-electron chi connectivity index (χ0n) is 15.5. The van der Waals surface area contributed by atoms with Gasteiger partial charge in [-0.05, 0) is 30.2 Å². The largest absolute Gasteiger partial charge is 0.456 e. The Balaban J connectivity index is 1.81. The summed E-state index contributed by atoms with van der Waals surface area (Å²) < 4.78 is 33.2. The number of carbonyl (C=O) groups is 3. The van der Waals surface area contributed by atoms with Crippen LogP contribution in [-0.4, -0.2) is 42.3 Å². The molecular formula is C18H20F2N2O7. The third kappa shape index (κ3) is 6.77. The number of esters is 1. The van der Waals surface area contributed by atoms with Crippen LogP contribution >= 0.6 is 0 Å². The molecule has 1 saturated carbocycles. The maximum atomic E-state index is 12.1. The molecule has 0 saturated heterocycles. The summed E-state index contributed by atoms with van der Waals surface area (Å²) in [6, 6.07) is 5.13. The fourth-order valence-corrected chi connectivity index (χ4v) is 3.30. The van der Waals surface area contributed by atoms with E-state index < -0.39 is 48.4 Å². The second-order valence-electron chi connectivity index (χ2n) is 6.75. The monoisotopic (exact) mass is 414 g/mol. The van der Waals surface area contributed by atoms with E-state index >= 15 is 0 Å². The number of alkyl halides is 2. The van der Waals surface area contributed by atoms with Crippen LogP contribution in [0, 0.1) is 27.9 Å². The van der Waals surface area contributed by atoms with E-state index in [-0.39, 0.29) is 36.0 Å². The van der Waals surface area contributed by atoms with Crippen LogP contribution in [0.3, 0.4) is 0 Å². The number of nitrogens with zero attached hydrogens (tertiary/aromatic N) is 1. The number of ketones is 1. The zero-order valence-corrected chi connectivity index (χ0v) is 15.5. The number of benzene rings is 1. The van der Waals surface area contributed by atoms with Crippen LogP contribution in [0.2, 0.25) is 0 Å². The molecule has 0 bridgehead atoms. The number of anilines is 1. The minimum Gasteiger partial charge on any atom is -0.456 e. The van der Waals surface area contributed by atoms with Crippen molar-refractivity contribution in [3.63, 3.8) is 0 Å². The summed E-state index contributed by atoms with van der Waals surface area (Å²) in [4.78, 5) is 46.1. The Hall–Kier alpha value is -3.11. The van der Waals surface area contributed by atoms with Crippen molar-refractivity contribution in [1.82, 2.24) is 0 Å². The Morgan fingerprint density at radius 2 is 1.97 bits per heavy atom. The molecule has 1 aromatic carbocycles. The van der Waals surface area contributed by atoms with Gasteiger partial charge in [0.15, 0.2) is 6.61 Å². The van der Waals surface area contributed by atoms with Crippen molar-refractivity contribution in [3.8, 4) is 5.75 Å². The molecule has 0 aromatic heterocycles. The van der Waals surface area contributed by atoms with Crippen LogP contribution in [0.5, 0.6) is 5.75 Å². The van der Waals surface area contributed by atoms with Gasteiger partial charge >= 0.3 is 12.6 Å². The van der Waals surface area contributed by atoms with Crippen molar-refractivity contribution >= 4 is 23.3 Å². The molecule has 0 spiro atoms. The molecule has 0 unspecified atom stereocenters. The minimum atomic E-state index is -2.96. The number of hydrogen-bond donors (Lipinski definition) is 1. The molecule has 1 amide bonds. The summed E-state index contributed by atoms with van der Waals surface area (Å²) >= 11 is 0. The molecule has 29 heavy (non-hydrogen) atoms. The molecule has 1 aliphatic carbocycles. The first-order chi connectivity index (χ1) is 13.7. The molecule has 1 aliphatic rings. The molecule has 158 valence electrons. The lowest BCUT2D eigenvalue weighted by Gasteiger charge is -2.17. The first-order valence-electron chi connectivity index (χ1n) is 8.80. The van der Waals surface area contributed by atoms with Gasteiger partial charge in [-0.15, -0.1) is 0 Å². The number of nitrogens with one attached hydrogen (secondary N) is 1. The van der Waals surface area contributed by atoms with E-state index in [4.69, 9.17) is 4.74 Å². The second-order valence-corrected chi connectivity index (χ2v) is 6.75. The van der Waals surface area contributed by atoms with Crippen molar-refractivity contribution in [1.29, 1.82) is 0 Å². The molecule has 2 rings (SSSR count). The minimum absolute atomic E-state index is 0.0795. The average Bonchev–Trinajstić information content (AvgIpc) is 2.88. The number of carbonyl (C=O) groups excluding carboxylic acids is 3. The van der Waals surface area contributed by atoms with E-state index in [0.29, 0.717) is 0 Å². The number of Topliss-reactive ketones (excluding diaryl/α,β-unsaturated/α-hetero) is 1. The summed E-state index contributed by atoms with van der Waals surface area (Å²) in [6.07, 6.45) is -0.156. The summed E-state index contributed by atoms with van der Waals surface area (Å²) in [5, 5.41) is 13.2. The van der Waals surface area contributed by atoms with Crippen LogP contribution in [0.25, 0.3) is 0 Å². The van der Waals surface area contributed by atoms with Crippen molar-refractivity contribution in [2.45, 2.75) is 26.4 Å². The Morgan fingerprint density at radius 1 is 1.31 bits per heavy atom. The average molecular weight is 414 g/mol. The Kier molecular flexibility index (Phi) is 7.57. The zero-order chi connectivity index (χ0) is 21.6. The highest BCUT2D eigenvalue weighted by Crippen LogP contribution is 2.36.